The van der Waals surface area contributed by atoms with E-state index in [0.717, 1.165) is 30.7 Å². The largest absolute Gasteiger partial charge is 0.393 e. The molecule has 1 N–H and O–H groups in total. The molecule has 26 heavy (non-hydrogen) atoms. The van der Waals surface area contributed by atoms with Gasteiger partial charge in [0.25, 0.3) is 0 Å². The lowest BCUT2D eigenvalue weighted by Gasteiger charge is -2.24. The number of halogens is 2. The van der Waals surface area contributed by atoms with Crippen molar-refractivity contribution in [3.63, 3.8) is 0 Å². The molecule has 1 heterocycles. The van der Waals surface area contributed by atoms with E-state index in [-0.39, 0.29) is 17.4 Å². The van der Waals surface area contributed by atoms with Gasteiger partial charge in [-0.25, -0.2) is 0 Å². The number of pyridine rings is 1. The fourth-order valence-electron chi connectivity index (χ4n) is 4.22. The molecule has 2 aromatic rings. The molecule has 2 nitrogen and oxygen atoms in total. The zero-order valence-electron chi connectivity index (χ0n) is 15.5. The van der Waals surface area contributed by atoms with Crippen LogP contribution in [0.5, 0.6) is 0 Å². The minimum atomic E-state index is -0.307. The van der Waals surface area contributed by atoms with Crippen LogP contribution in [0.4, 0.5) is 0 Å². The Labute approximate surface area is 166 Å². The normalized spacial score (nSPS) is 25.6. The maximum Gasteiger partial charge on any atom is 0.0585 e. The SMILES string of the molecule is Cc1cncc(CC[C@H]2C(Cl)CC(O)[C@@H]2CCc2cccc(Cl)c2)c1C. The Morgan fingerprint density at radius 2 is 1.88 bits per heavy atom. The highest BCUT2D eigenvalue weighted by Crippen LogP contribution is 2.41. The van der Waals surface area contributed by atoms with E-state index in [2.05, 4.69) is 24.9 Å². The summed E-state index contributed by atoms with van der Waals surface area (Å²) in [5, 5.41) is 11.4. The van der Waals surface area contributed by atoms with Gasteiger partial charge in [0, 0.05) is 22.8 Å². The van der Waals surface area contributed by atoms with Crippen molar-refractivity contribution in [2.45, 2.75) is 57.4 Å². The lowest BCUT2D eigenvalue weighted by atomic mass is 9.84. The second-order valence-corrected chi connectivity index (χ2v) is 8.59. The Hall–Kier alpha value is -1.09. The first-order valence-electron chi connectivity index (χ1n) is 9.42. The Morgan fingerprint density at radius 1 is 1.12 bits per heavy atom. The van der Waals surface area contributed by atoms with Crippen molar-refractivity contribution in [3.05, 3.63) is 63.9 Å². The zero-order valence-corrected chi connectivity index (χ0v) is 17.0. The summed E-state index contributed by atoms with van der Waals surface area (Å²) < 4.78 is 0. The van der Waals surface area contributed by atoms with Crippen LogP contribution in [0.3, 0.4) is 0 Å². The smallest absolute Gasteiger partial charge is 0.0585 e. The molecular weight excluding hydrogens is 365 g/mol. The van der Waals surface area contributed by atoms with E-state index >= 15 is 0 Å². The van der Waals surface area contributed by atoms with Crippen LogP contribution in [-0.2, 0) is 12.8 Å². The van der Waals surface area contributed by atoms with Crippen LogP contribution in [0, 0.1) is 25.7 Å². The minimum Gasteiger partial charge on any atom is -0.393 e. The second kappa shape index (κ2) is 8.73. The van der Waals surface area contributed by atoms with Crippen LogP contribution in [-0.4, -0.2) is 21.6 Å². The van der Waals surface area contributed by atoms with E-state index < -0.39 is 0 Å². The number of hydrogen-bond acceptors (Lipinski definition) is 2. The molecule has 1 aromatic heterocycles. The Kier molecular flexibility index (Phi) is 6.60. The molecule has 0 bridgehead atoms. The van der Waals surface area contributed by atoms with E-state index in [1.54, 1.807) is 0 Å². The number of aromatic nitrogens is 1. The highest BCUT2D eigenvalue weighted by molar-refractivity contribution is 6.30. The lowest BCUT2D eigenvalue weighted by molar-refractivity contribution is 0.110. The average molecular weight is 392 g/mol. The summed E-state index contributed by atoms with van der Waals surface area (Å²) in [6.45, 7) is 4.26. The maximum atomic E-state index is 10.5. The number of aryl methyl sites for hydroxylation is 3. The molecule has 0 aliphatic heterocycles. The molecule has 4 heteroatoms. The highest BCUT2D eigenvalue weighted by atomic mass is 35.5. The number of benzene rings is 1. The van der Waals surface area contributed by atoms with Crippen molar-refractivity contribution in [1.82, 2.24) is 4.98 Å². The van der Waals surface area contributed by atoms with Gasteiger partial charge in [-0.2, -0.15) is 0 Å². The molecule has 1 aromatic carbocycles. The van der Waals surface area contributed by atoms with Crippen molar-refractivity contribution in [3.8, 4) is 0 Å². The first-order valence-corrected chi connectivity index (χ1v) is 10.2. The van der Waals surface area contributed by atoms with Crippen LogP contribution in [0.1, 0.15) is 41.5 Å². The van der Waals surface area contributed by atoms with Gasteiger partial charge in [-0.05, 0) is 92.2 Å². The molecule has 0 radical (unpaired) electrons. The number of hydrogen-bond donors (Lipinski definition) is 1. The summed E-state index contributed by atoms with van der Waals surface area (Å²) in [4.78, 5) is 4.33. The fraction of sp³-hybridized carbons (Fsp3) is 0.500. The monoisotopic (exact) mass is 391 g/mol. The number of aliphatic hydroxyl groups excluding tert-OH is 1. The number of alkyl halides is 1. The third-order valence-corrected chi connectivity index (χ3v) is 6.69. The maximum absolute atomic E-state index is 10.5. The van der Waals surface area contributed by atoms with Gasteiger partial charge in [0.05, 0.1) is 6.10 Å². The Balaban J connectivity index is 1.65. The van der Waals surface area contributed by atoms with Crippen molar-refractivity contribution in [2.24, 2.45) is 11.8 Å². The molecule has 2 unspecified atom stereocenters. The van der Waals surface area contributed by atoms with Crippen molar-refractivity contribution >= 4 is 23.2 Å². The molecule has 1 aliphatic rings. The number of nitrogens with zero attached hydrogens (tertiary/aromatic N) is 1. The summed E-state index contributed by atoms with van der Waals surface area (Å²) in [5.74, 6) is 0.584. The average Bonchev–Trinajstić information content (AvgIpc) is 2.87. The zero-order chi connectivity index (χ0) is 18.7. The summed E-state index contributed by atoms with van der Waals surface area (Å²) >= 11 is 12.7. The molecule has 1 saturated carbocycles. The summed E-state index contributed by atoms with van der Waals surface area (Å²) in [7, 11) is 0. The highest BCUT2D eigenvalue weighted by Gasteiger charge is 2.40. The Morgan fingerprint density at radius 3 is 2.65 bits per heavy atom. The third kappa shape index (κ3) is 4.60. The molecule has 1 fully saturated rings. The van der Waals surface area contributed by atoms with Crippen molar-refractivity contribution in [1.29, 1.82) is 0 Å². The number of aliphatic hydroxyl groups is 1. The summed E-state index contributed by atoms with van der Waals surface area (Å²) in [5.41, 5.74) is 5.07. The molecular formula is C22H27Cl2NO. The standard InChI is InChI=1S/C22H27Cl2NO/c1-14-12-25-13-17(15(14)2)7-9-19-20(22(26)11-21(19)24)8-6-16-4-3-5-18(23)10-16/h3-5,10,12-13,19-22,26H,6-9,11H2,1-2H3/t19-,20-,21?,22?/m1/s1. The quantitative estimate of drug-likeness (QED) is 0.657. The first kappa shape index (κ1) is 19.7. The summed E-state index contributed by atoms with van der Waals surface area (Å²) in [6.07, 6.45) is 8.10. The van der Waals surface area contributed by atoms with Crippen molar-refractivity contribution in [2.75, 3.05) is 0 Å². The van der Waals surface area contributed by atoms with E-state index in [0.29, 0.717) is 12.3 Å². The minimum absolute atomic E-state index is 0.0486. The van der Waals surface area contributed by atoms with Gasteiger partial charge in [-0.3, -0.25) is 4.98 Å². The molecule has 0 amide bonds. The van der Waals surface area contributed by atoms with E-state index in [1.165, 1.54) is 22.3 Å². The van der Waals surface area contributed by atoms with Gasteiger partial charge in [-0.15, -0.1) is 11.6 Å². The topological polar surface area (TPSA) is 33.1 Å². The third-order valence-electron chi connectivity index (χ3n) is 5.95. The van der Waals surface area contributed by atoms with Crippen molar-refractivity contribution < 1.29 is 5.11 Å². The molecule has 4 atom stereocenters. The van der Waals surface area contributed by atoms with Crippen LogP contribution in [0.25, 0.3) is 0 Å². The Bertz CT molecular complexity index is 749. The predicted octanol–water partition coefficient (Wildman–Crippen LogP) is 5.52. The molecule has 3 rings (SSSR count). The molecule has 0 saturated heterocycles. The molecule has 0 spiro atoms. The van der Waals surface area contributed by atoms with Gasteiger partial charge < -0.3 is 5.11 Å². The van der Waals surface area contributed by atoms with Gasteiger partial charge in [0.1, 0.15) is 0 Å². The summed E-state index contributed by atoms with van der Waals surface area (Å²) in [6, 6.07) is 7.99. The van der Waals surface area contributed by atoms with E-state index in [4.69, 9.17) is 23.2 Å². The van der Waals surface area contributed by atoms with Gasteiger partial charge in [0.15, 0.2) is 0 Å². The lowest BCUT2D eigenvalue weighted by Crippen LogP contribution is -2.22. The number of rotatable bonds is 6. The van der Waals surface area contributed by atoms with Gasteiger partial charge >= 0.3 is 0 Å². The molecule has 140 valence electrons. The van der Waals surface area contributed by atoms with Crippen LogP contribution in [0.15, 0.2) is 36.7 Å². The van der Waals surface area contributed by atoms with E-state index in [9.17, 15) is 5.11 Å². The second-order valence-electron chi connectivity index (χ2n) is 7.59. The van der Waals surface area contributed by atoms with Gasteiger partial charge in [0.2, 0.25) is 0 Å². The van der Waals surface area contributed by atoms with Crippen LogP contribution < -0.4 is 0 Å². The van der Waals surface area contributed by atoms with E-state index in [1.807, 2.05) is 30.6 Å². The predicted molar refractivity (Wildman–Crippen MR) is 109 cm³/mol. The van der Waals surface area contributed by atoms with Crippen LogP contribution in [0.2, 0.25) is 5.02 Å². The van der Waals surface area contributed by atoms with Gasteiger partial charge in [-0.1, -0.05) is 23.7 Å². The molecule has 1 aliphatic carbocycles. The fourth-order valence-corrected chi connectivity index (χ4v) is 4.93. The van der Waals surface area contributed by atoms with Crippen LogP contribution >= 0.6 is 23.2 Å². The first-order chi connectivity index (χ1) is 12.5.